The van der Waals surface area contributed by atoms with E-state index in [1.54, 1.807) is 0 Å². The Kier molecular flexibility index (Phi) is 4.40. The van der Waals surface area contributed by atoms with Gasteiger partial charge in [-0.1, -0.05) is 13.3 Å². The van der Waals surface area contributed by atoms with E-state index in [4.69, 9.17) is 0 Å². The molecule has 2 saturated heterocycles. The van der Waals surface area contributed by atoms with Crippen molar-refractivity contribution >= 4 is 5.91 Å². The molecule has 17 heavy (non-hydrogen) atoms. The number of carbonyl (C=O) groups is 1. The highest BCUT2D eigenvalue weighted by atomic mass is 16.2. The van der Waals surface area contributed by atoms with E-state index >= 15 is 0 Å². The molecule has 2 fully saturated rings. The number of nitrogens with zero attached hydrogens (tertiary/aromatic N) is 2. The van der Waals surface area contributed by atoms with E-state index in [1.165, 1.54) is 25.8 Å². The minimum atomic E-state index is 0.131. The largest absolute Gasteiger partial charge is 0.340 e. The van der Waals surface area contributed by atoms with Gasteiger partial charge in [0.25, 0.3) is 0 Å². The molecule has 2 rings (SSSR count). The molecule has 0 spiro atoms. The van der Waals surface area contributed by atoms with Gasteiger partial charge in [0.15, 0.2) is 0 Å². The number of likely N-dealkylation sites (tertiary alicyclic amines) is 1. The van der Waals surface area contributed by atoms with Crippen LogP contribution in [-0.4, -0.2) is 61.5 Å². The molecule has 2 heterocycles. The molecule has 0 aliphatic carbocycles. The van der Waals surface area contributed by atoms with E-state index in [-0.39, 0.29) is 5.92 Å². The maximum absolute atomic E-state index is 12.2. The third-order valence-corrected chi connectivity index (χ3v) is 4.09. The first-order valence-electron chi connectivity index (χ1n) is 6.88. The molecule has 2 aliphatic heterocycles. The van der Waals surface area contributed by atoms with Gasteiger partial charge in [0.2, 0.25) is 5.91 Å². The van der Waals surface area contributed by atoms with Crippen molar-refractivity contribution in [3.05, 3.63) is 0 Å². The molecule has 2 atom stereocenters. The molecule has 0 aromatic carbocycles. The second-order valence-corrected chi connectivity index (χ2v) is 5.52. The molecule has 0 aromatic heterocycles. The molecule has 4 nitrogen and oxygen atoms in total. The van der Waals surface area contributed by atoms with E-state index in [1.807, 2.05) is 6.92 Å². The van der Waals surface area contributed by atoms with Crippen LogP contribution >= 0.6 is 0 Å². The average molecular weight is 239 g/mol. The van der Waals surface area contributed by atoms with Crippen LogP contribution in [0.15, 0.2) is 0 Å². The summed E-state index contributed by atoms with van der Waals surface area (Å²) < 4.78 is 0. The van der Waals surface area contributed by atoms with Crippen molar-refractivity contribution in [2.75, 3.05) is 39.8 Å². The fourth-order valence-corrected chi connectivity index (χ4v) is 2.85. The van der Waals surface area contributed by atoms with Crippen molar-refractivity contribution in [2.45, 2.75) is 32.2 Å². The van der Waals surface area contributed by atoms with Gasteiger partial charge in [-0.2, -0.15) is 0 Å². The highest BCUT2D eigenvalue weighted by Gasteiger charge is 2.27. The SMILES string of the molecule is CC1CNCCN(CC2CCCCN2C)C1=O. The summed E-state index contributed by atoms with van der Waals surface area (Å²) in [5.74, 6) is 0.459. The number of rotatable bonds is 2. The van der Waals surface area contributed by atoms with Crippen molar-refractivity contribution in [3.63, 3.8) is 0 Å². The molecule has 4 heteroatoms. The zero-order valence-electron chi connectivity index (χ0n) is 11.1. The molecule has 0 bridgehead atoms. The van der Waals surface area contributed by atoms with E-state index in [0.717, 1.165) is 26.2 Å². The Bertz CT molecular complexity index is 269. The third-order valence-electron chi connectivity index (χ3n) is 4.09. The Hall–Kier alpha value is -0.610. The zero-order valence-corrected chi connectivity index (χ0v) is 11.1. The number of piperidine rings is 1. The summed E-state index contributed by atoms with van der Waals surface area (Å²) >= 11 is 0. The molecule has 1 amide bonds. The Morgan fingerprint density at radius 2 is 2.18 bits per heavy atom. The fourth-order valence-electron chi connectivity index (χ4n) is 2.85. The van der Waals surface area contributed by atoms with Gasteiger partial charge in [0, 0.05) is 38.1 Å². The highest BCUT2D eigenvalue weighted by molar-refractivity contribution is 5.79. The number of hydrogen-bond acceptors (Lipinski definition) is 3. The fraction of sp³-hybridized carbons (Fsp3) is 0.923. The minimum Gasteiger partial charge on any atom is -0.340 e. The topological polar surface area (TPSA) is 35.6 Å². The van der Waals surface area contributed by atoms with Crippen LogP contribution in [0.2, 0.25) is 0 Å². The molecular formula is C13H25N3O. The van der Waals surface area contributed by atoms with Crippen LogP contribution in [0.4, 0.5) is 0 Å². The van der Waals surface area contributed by atoms with E-state index < -0.39 is 0 Å². The van der Waals surface area contributed by atoms with Crippen molar-refractivity contribution in [1.82, 2.24) is 15.1 Å². The Balaban J connectivity index is 1.93. The van der Waals surface area contributed by atoms with Gasteiger partial charge >= 0.3 is 0 Å². The molecule has 0 radical (unpaired) electrons. The maximum atomic E-state index is 12.2. The van der Waals surface area contributed by atoms with Crippen LogP contribution in [0.25, 0.3) is 0 Å². The van der Waals surface area contributed by atoms with Crippen LogP contribution in [0.1, 0.15) is 26.2 Å². The monoisotopic (exact) mass is 239 g/mol. The van der Waals surface area contributed by atoms with Gasteiger partial charge in [-0.25, -0.2) is 0 Å². The summed E-state index contributed by atoms with van der Waals surface area (Å²) in [6, 6.07) is 0.568. The molecule has 2 unspecified atom stereocenters. The van der Waals surface area contributed by atoms with Crippen LogP contribution in [0.3, 0.4) is 0 Å². The van der Waals surface area contributed by atoms with Crippen LogP contribution < -0.4 is 5.32 Å². The lowest BCUT2D eigenvalue weighted by Gasteiger charge is -2.36. The predicted octanol–water partition coefficient (Wildman–Crippen LogP) is 0.539. The van der Waals surface area contributed by atoms with Crippen molar-refractivity contribution < 1.29 is 4.79 Å². The van der Waals surface area contributed by atoms with Crippen molar-refractivity contribution in [3.8, 4) is 0 Å². The Morgan fingerprint density at radius 1 is 1.35 bits per heavy atom. The lowest BCUT2D eigenvalue weighted by molar-refractivity contribution is -0.134. The van der Waals surface area contributed by atoms with Gasteiger partial charge in [-0.3, -0.25) is 4.79 Å². The van der Waals surface area contributed by atoms with Crippen LogP contribution in [-0.2, 0) is 4.79 Å². The van der Waals surface area contributed by atoms with Crippen LogP contribution in [0.5, 0.6) is 0 Å². The van der Waals surface area contributed by atoms with Crippen LogP contribution in [0, 0.1) is 5.92 Å². The van der Waals surface area contributed by atoms with Crippen molar-refractivity contribution in [2.24, 2.45) is 5.92 Å². The summed E-state index contributed by atoms with van der Waals surface area (Å²) in [7, 11) is 2.19. The number of hydrogen-bond donors (Lipinski definition) is 1. The summed E-state index contributed by atoms with van der Waals surface area (Å²) in [4.78, 5) is 16.7. The zero-order chi connectivity index (χ0) is 12.3. The molecule has 0 saturated carbocycles. The highest BCUT2D eigenvalue weighted by Crippen LogP contribution is 2.17. The van der Waals surface area contributed by atoms with Crippen molar-refractivity contribution in [1.29, 1.82) is 0 Å². The average Bonchev–Trinajstić information content (AvgIpc) is 2.47. The third kappa shape index (κ3) is 3.19. The Morgan fingerprint density at radius 3 is 2.94 bits per heavy atom. The van der Waals surface area contributed by atoms with Gasteiger partial charge in [-0.15, -0.1) is 0 Å². The molecule has 0 aromatic rings. The summed E-state index contributed by atoms with van der Waals surface area (Å²) in [5, 5.41) is 3.33. The lowest BCUT2D eigenvalue weighted by Crippen LogP contribution is -2.48. The minimum absolute atomic E-state index is 0.131. The number of carbonyl (C=O) groups excluding carboxylic acids is 1. The quantitative estimate of drug-likeness (QED) is 0.764. The lowest BCUT2D eigenvalue weighted by atomic mass is 10.0. The molecular weight excluding hydrogens is 214 g/mol. The molecule has 1 N–H and O–H groups in total. The van der Waals surface area contributed by atoms with Gasteiger partial charge in [0.1, 0.15) is 0 Å². The second-order valence-electron chi connectivity index (χ2n) is 5.52. The Labute approximate surface area is 104 Å². The van der Waals surface area contributed by atoms with Gasteiger partial charge < -0.3 is 15.1 Å². The molecule has 2 aliphatic rings. The smallest absolute Gasteiger partial charge is 0.226 e. The summed E-state index contributed by atoms with van der Waals surface area (Å²) in [6.45, 7) is 6.76. The van der Waals surface area contributed by atoms with E-state index in [0.29, 0.717) is 11.9 Å². The number of amides is 1. The van der Waals surface area contributed by atoms with E-state index in [9.17, 15) is 4.79 Å². The number of nitrogens with one attached hydrogen (secondary N) is 1. The first-order chi connectivity index (χ1) is 8.18. The van der Waals surface area contributed by atoms with Gasteiger partial charge in [0.05, 0.1) is 0 Å². The predicted molar refractivity (Wildman–Crippen MR) is 68.9 cm³/mol. The standard InChI is InChI=1S/C13H25N3O/c1-11-9-14-6-8-16(13(11)17)10-12-5-3-4-7-15(12)2/h11-12,14H,3-10H2,1-2H3. The normalized spacial score (nSPS) is 32.6. The molecule has 98 valence electrons. The first-order valence-corrected chi connectivity index (χ1v) is 6.88. The van der Waals surface area contributed by atoms with Gasteiger partial charge in [-0.05, 0) is 26.4 Å². The number of likely N-dealkylation sites (N-methyl/N-ethyl adjacent to an activating group) is 1. The summed E-state index contributed by atoms with van der Waals surface area (Å²) in [6.07, 6.45) is 3.85. The summed E-state index contributed by atoms with van der Waals surface area (Å²) in [5.41, 5.74) is 0. The first kappa shape index (κ1) is 12.8. The second kappa shape index (κ2) is 5.83. The maximum Gasteiger partial charge on any atom is 0.226 e. The van der Waals surface area contributed by atoms with E-state index in [2.05, 4.69) is 22.2 Å².